The van der Waals surface area contributed by atoms with Crippen LogP contribution in [0, 0.1) is 5.92 Å². The SMILES string of the molecule is CCC(CO)N(CC(C)C(=O)O)C(=O)C1CCCO1. The van der Waals surface area contributed by atoms with Crippen LogP contribution in [-0.2, 0) is 14.3 Å². The third-order valence-electron chi connectivity index (χ3n) is 3.50. The molecule has 110 valence electrons. The predicted molar refractivity (Wildman–Crippen MR) is 68.7 cm³/mol. The lowest BCUT2D eigenvalue weighted by Crippen LogP contribution is -2.49. The molecule has 3 unspecified atom stereocenters. The van der Waals surface area contributed by atoms with E-state index in [4.69, 9.17) is 9.84 Å². The maximum Gasteiger partial charge on any atom is 0.308 e. The summed E-state index contributed by atoms with van der Waals surface area (Å²) in [5.74, 6) is -1.81. The van der Waals surface area contributed by atoms with Gasteiger partial charge in [0.1, 0.15) is 6.10 Å². The van der Waals surface area contributed by atoms with Gasteiger partial charge >= 0.3 is 5.97 Å². The van der Waals surface area contributed by atoms with Crippen molar-refractivity contribution in [3.63, 3.8) is 0 Å². The van der Waals surface area contributed by atoms with Crippen LogP contribution >= 0.6 is 0 Å². The molecule has 1 saturated heterocycles. The Morgan fingerprint density at radius 2 is 2.16 bits per heavy atom. The van der Waals surface area contributed by atoms with Crippen LogP contribution in [-0.4, -0.2) is 58.9 Å². The fraction of sp³-hybridized carbons (Fsp3) is 0.846. The fourth-order valence-electron chi connectivity index (χ4n) is 2.20. The minimum atomic E-state index is -0.946. The number of carbonyl (C=O) groups is 2. The quantitative estimate of drug-likeness (QED) is 0.704. The number of carboxylic acids is 1. The first-order chi connectivity index (χ1) is 9.01. The van der Waals surface area contributed by atoms with E-state index in [1.54, 1.807) is 6.92 Å². The number of hydrogen-bond donors (Lipinski definition) is 2. The third kappa shape index (κ3) is 4.18. The summed E-state index contributed by atoms with van der Waals surface area (Å²) in [6, 6.07) is -0.349. The molecule has 2 N–H and O–H groups in total. The molecular formula is C13H23NO5. The first kappa shape index (κ1) is 15.9. The molecule has 0 aromatic heterocycles. The summed E-state index contributed by atoms with van der Waals surface area (Å²) in [7, 11) is 0. The number of amides is 1. The minimum Gasteiger partial charge on any atom is -0.481 e. The topological polar surface area (TPSA) is 87.1 Å². The molecular weight excluding hydrogens is 250 g/mol. The second kappa shape index (κ2) is 7.45. The number of ether oxygens (including phenoxy) is 1. The van der Waals surface area contributed by atoms with Crippen LogP contribution in [0.1, 0.15) is 33.1 Å². The highest BCUT2D eigenvalue weighted by atomic mass is 16.5. The van der Waals surface area contributed by atoms with Gasteiger partial charge in [-0.25, -0.2) is 0 Å². The lowest BCUT2D eigenvalue weighted by molar-refractivity contribution is -0.148. The van der Waals surface area contributed by atoms with Gasteiger partial charge in [0.2, 0.25) is 0 Å². The van der Waals surface area contributed by atoms with E-state index in [9.17, 15) is 14.7 Å². The number of hydrogen-bond acceptors (Lipinski definition) is 4. The summed E-state index contributed by atoms with van der Waals surface area (Å²) in [5.41, 5.74) is 0. The van der Waals surface area contributed by atoms with Gasteiger partial charge in [-0.3, -0.25) is 9.59 Å². The van der Waals surface area contributed by atoms with Gasteiger partial charge in [-0.05, 0) is 19.3 Å². The van der Waals surface area contributed by atoms with Crippen LogP contribution in [0.15, 0.2) is 0 Å². The Balaban J connectivity index is 2.78. The zero-order valence-electron chi connectivity index (χ0n) is 11.5. The normalized spacial score (nSPS) is 21.9. The molecule has 0 spiro atoms. The van der Waals surface area contributed by atoms with Crippen LogP contribution in [0.5, 0.6) is 0 Å². The minimum absolute atomic E-state index is 0.104. The van der Waals surface area contributed by atoms with E-state index in [2.05, 4.69) is 0 Å². The van der Waals surface area contributed by atoms with Crippen LogP contribution < -0.4 is 0 Å². The Hall–Kier alpha value is -1.14. The summed E-state index contributed by atoms with van der Waals surface area (Å²) in [5, 5.41) is 18.3. The Morgan fingerprint density at radius 1 is 1.47 bits per heavy atom. The Labute approximate surface area is 113 Å². The zero-order valence-corrected chi connectivity index (χ0v) is 11.5. The van der Waals surface area contributed by atoms with Crippen molar-refractivity contribution in [2.45, 2.75) is 45.3 Å². The molecule has 1 aliphatic heterocycles. The highest BCUT2D eigenvalue weighted by Gasteiger charge is 2.33. The van der Waals surface area contributed by atoms with Crippen molar-refractivity contribution in [3.05, 3.63) is 0 Å². The lowest BCUT2D eigenvalue weighted by Gasteiger charge is -2.33. The first-order valence-electron chi connectivity index (χ1n) is 6.77. The van der Waals surface area contributed by atoms with E-state index in [0.29, 0.717) is 19.4 Å². The van der Waals surface area contributed by atoms with Gasteiger partial charge in [-0.1, -0.05) is 13.8 Å². The molecule has 0 aromatic carbocycles. The maximum absolute atomic E-state index is 12.4. The molecule has 6 heteroatoms. The molecule has 1 fully saturated rings. The molecule has 19 heavy (non-hydrogen) atoms. The van der Waals surface area contributed by atoms with Gasteiger partial charge in [0, 0.05) is 13.2 Å². The van der Waals surface area contributed by atoms with E-state index in [1.807, 2.05) is 6.92 Å². The van der Waals surface area contributed by atoms with E-state index >= 15 is 0 Å². The number of aliphatic carboxylic acids is 1. The van der Waals surface area contributed by atoms with Crippen molar-refractivity contribution in [2.24, 2.45) is 5.92 Å². The van der Waals surface area contributed by atoms with E-state index < -0.39 is 18.0 Å². The molecule has 1 amide bonds. The number of rotatable bonds is 7. The van der Waals surface area contributed by atoms with Crippen molar-refractivity contribution < 1.29 is 24.5 Å². The van der Waals surface area contributed by atoms with Crippen molar-refractivity contribution in [1.29, 1.82) is 0 Å². The third-order valence-corrected chi connectivity index (χ3v) is 3.50. The monoisotopic (exact) mass is 273 g/mol. The van der Waals surface area contributed by atoms with Gasteiger partial charge in [0.15, 0.2) is 0 Å². The van der Waals surface area contributed by atoms with Crippen molar-refractivity contribution in [1.82, 2.24) is 4.90 Å². The average molecular weight is 273 g/mol. The van der Waals surface area contributed by atoms with Gasteiger partial charge in [-0.2, -0.15) is 0 Å². The summed E-state index contributed by atoms with van der Waals surface area (Å²) in [6.07, 6.45) is 1.61. The standard InChI is InChI=1S/C13H23NO5/c1-3-10(8-15)14(7-9(2)13(17)18)12(16)11-5-4-6-19-11/h9-11,15H,3-8H2,1-2H3,(H,17,18). The molecule has 0 radical (unpaired) electrons. The summed E-state index contributed by atoms with van der Waals surface area (Å²) in [4.78, 5) is 24.8. The van der Waals surface area contributed by atoms with Gasteiger partial charge in [-0.15, -0.1) is 0 Å². The Bertz CT molecular complexity index is 310. The molecule has 0 aliphatic carbocycles. The summed E-state index contributed by atoms with van der Waals surface area (Å²) < 4.78 is 5.36. The molecule has 3 atom stereocenters. The number of nitrogens with zero attached hydrogens (tertiary/aromatic N) is 1. The number of aliphatic hydroxyl groups excluding tert-OH is 1. The molecule has 0 bridgehead atoms. The smallest absolute Gasteiger partial charge is 0.308 e. The van der Waals surface area contributed by atoms with Gasteiger partial charge < -0.3 is 19.8 Å². The highest BCUT2D eigenvalue weighted by Crippen LogP contribution is 2.18. The predicted octanol–water partition coefficient (Wildman–Crippen LogP) is 0.486. The van der Waals surface area contributed by atoms with Gasteiger partial charge in [0.25, 0.3) is 5.91 Å². The molecule has 1 rings (SSSR count). The van der Waals surface area contributed by atoms with Crippen LogP contribution in [0.25, 0.3) is 0 Å². The van der Waals surface area contributed by atoms with Gasteiger partial charge in [0.05, 0.1) is 18.6 Å². The van der Waals surface area contributed by atoms with Crippen molar-refractivity contribution in [2.75, 3.05) is 19.8 Å². The summed E-state index contributed by atoms with van der Waals surface area (Å²) in [6.45, 7) is 3.92. The first-order valence-corrected chi connectivity index (χ1v) is 6.77. The number of aliphatic hydroxyl groups is 1. The zero-order chi connectivity index (χ0) is 14.4. The Kier molecular flexibility index (Phi) is 6.24. The van der Waals surface area contributed by atoms with Crippen molar-refractivity contribution in [3.8, 4) is 0 Å². The largest absolute Gasteiger partial charge is 0.481 e. The van der Waals surface area contributed by atoms with Crippen LogP contribution in [0.2, 0.25) is 0 Å². The van der Waals surface area contributed by atoms with E-state index in [-0.39, 0.29) is 25.1 Å². The molecule has 0 aromatic rings. The summed E-state index contributed by atoms with van der Waals surface area (Å²) >= 11 is 0. The van der Waals surface area contributed by atoms with E-state index in [0.717, 1.165) is 6.42 Å². The second-order valence-electron chi connectivity index (χ2n) is 4.98. The maximum atomic E-state index is 12.4. The average Bonchev–Trinajstić information content (AvgIpc) is 2.91. The highest BCUT2D eigenvalue weighted by molar-refractivity contribution is 5.82. The number of carbonyl (C=O) groups excluding carboxylic acids is 1. The fourth-order valence-corrected chi connectivity index (χ4v) is 2.20. The van der Waals surface area contributed by atoms with Crippen LogP contribution in [0.3, 0.4) is 0 Å². The van der Waals surface area contributed by atoms with E-state index in [1.165, 1.54) is 4.90 Å². The number of carboxylic acid groups (broad SMARTS) is 1. The van der Waals surface area contributed by atoms with Crippen LogP contribution in [0.4, 0.5) is 0 Å². The molecule has 1 aliphatic rings. The Morgan fingerprint density at radius 3 is 2.58 bits per heavy atom. The second-order valence-corrected chi connectivity index (χ2v) is 4.98. The van der Waals surface area contributed by atoms with Crippen molar-refractivity contribution >= 4 is 11.9 Å². The molecule has 1 heterocycles. The lowest BCUT2D eigenvalue weighted by atomic mass is 10.1. The molecule has 0 saturated carbocycles. The molecule has 6 nitrogen and oxygen atoms in total.